The third kappa shape index (κ3) is 5.22. The molecule has 3 N–H and O–H groups in total. The Balaban J connectivity index is 3.88. The van der Waals surface area contributed by atoms with Crippen LogP contribution >= 0.6 is 0 Å². The van der Waals surface area contributed by atoms with E-state index in [-0.39, 0.29) is 17.4 Å². The van der Waals surface area contributed by atoms with Crippen molar-refractivity contribution in [3.8, 4) is 0 Å². The zero-order chi connectivity index (χ0) is 11.4. The standard InChI is InChI=1S/C11H24N2O/c1-8(2)11(4,5)7-13-10(14)6-9(3)12/h8-9H,6-7,12H2,1-5H3,(H,13,14). The molecule has 0 bridgehead atoms. The zero-order valence-electron chi connectivity index (χ0n) is 10.1. The summed E-state index contributed by atoms with van der Waals surface area (Å²) in [4.78, 5) is 11.3. The highest BCUT2D eigenvalue weighted by Gasteiger charge is 2.22. The number of nitrogens with two attached hydrogens (primary N) is 1. The van der Waals surface area contributed by atoms with Crippen molar-refractivity contribution in [2.24, 2.45) is 17.1 Å². The maximum Gasteiger partial charge on any atom is 0.221 e. The van der Waals surface area contributed by atoms with Crippen molar-refractivity contribution >= 4 is 5.91 Å². The molecule has 1 amide bonds. The summed E-state index contributed by atoms with van der Waals surface area (Å²) in [6, 6.07) is -0.0582. The Bertz CT molecular complexity index is 186. The molecule has 3 nitrogen and oxygen atoms in total. The SMILES string of the molecule is CC(N)CC(=O)NCC(C)(C)C(C)C. The van der Waals surface area contributed by atoms with E-state index in [1.165, 1.54) is 0 Å². The van der Waals surface area contributed by atoms with E-state index < -0.39 is 0 Å². The summed E-state index contributed by atoms with van der Waals surface area (Å²) < 4.78 is 0. The number of nitrogens with one attached hydrogen (secondary N) is 1. The number of carbonyl (C=O) groups is 1. The molecule has 0 aliphatic carbocycles. The molecule has 0 aromatic rings. The second-order valence-electron chi connectivity index (χ2n) is 5.10. The van der Waals surface area contributed by atoms with Crippen LogP contribution in [0.5, 0.6) is 0 Å². The van der Waals surface area contributed by atoms with E-state index in [4.69, 9.17) is 5.73 Å². The lowest BCUT2D eigenvalue weighted by Gasteiger charge is -2.29. The van der Waals surface area contributed by atoms with Gasteiger partial charge in [-0.25, -0.2) is 0 Å². The monoisotopic (exact) mass is 200 g/mol. The average Bonchev–Trinajstić information content (AvgIpc) is 1.99. The molecule has 1 atom stereocenters. The molecule has 14 heavy (non-hydrogen) atoms. The van der Waals surface area contributed by atoms with Gasteiger partial charge < -0.3 is 11.1 Å². The Morgan fingerprint density at radius 2 is 1.86 bits per heavy atom. The Hall–Kier alpha value is -0.570. The third-order valence-corrected chi connectivity index (χ3v) is 2.81. The quantitative estimate of drug-likeness (QED) is 0.707. The molecule has 0 aromatic carbocycles. The van der Waals surface area contributed by atoms with Crippen LogP contribution in [0, 0.1) is 11.3 Å². The van der Waals surface area contributed by atoms with Crippen LogP contribution in [0.3, 0.4) is 0 Å². The average molecular weight is 200 g/mol. The van der Waals surface area contributed by atoms with Crippen molar-refractivity contribution in [2.45, 2.75) is 47.1 Å². The summed E-state index contributed by atoms with van der Waals surface area (Å²) in [5.74, 6) is 0.604. The maximum atomic E-state index is 11.3. The number of hydrogen-bond acceptors (Lipinski definition) is 2. The highest BCUT2D eigenvalue weighted by atomic mass is 16.1. The predicted octanol–water partition coefficient (Wildman–Crippen LogP) is 1.52. The number of carbonyl (C=O) groups excluding carboxylic acids is 1. The molecule has 0 radical (unpaired) electrons. The normalized spacial score (nSPS) is 14.2. The minimum atomic E-state index is -0.0582. The number of hydrogen-bond donors (Lipinski definition) is 2. The lowest BCUT2D eigenvalue weighted by molar-refractivity contribution is -0.121. The van der Waals surface area contributed by atoms with Crippen LogP contribution in [-0.4, -0.2) is 18.5 Å². The maximum absolute atomic E-state index is 11.3. The zero-order valence-corrected chi connectivity index (χ0v) is 10.1. The van der Waals surface area contributed by atoms with Crippen molar-refractivity contribution < 1.29 is 4.79 Å². The first-order valence-corrected chi connectivity index (χ1v) is 5.28. The Morgan fingerprint density at radius 1 is 1.36 bits per heavy atom. The van der Waals surface area contributed by atoms with E-state index in [9.17, 15) is 4.79 Å². The van der Waals surface area contributed by atoms with Crippen LogP contribution in [0.25, 0.3) is 0 Å². The predicted molar refractivity (Wildman–Crippen MR) is 59.9 cm³/mol. The molecule has 0 aliphatic heterocycles. The summed E-state index contributed by atoms with van der Waals surface area (Å²) >= 11 is 0. The molecule has 1 unspecified atom stereocenters. The molecule has 0 heterocycles. The first-order chi connectivity index (χ1) is 6.25. The highest BCUT2D eigenvalue weighted by Crippen LogP contribution is 2.24. The highest BCUT2D eigenvalue weighted by molar-refractivity contribution is 5.76. The third-order valence-electron chi connectivity index (χ3n) is 2.81. The van der Waals surface area contributed by atoms with Gasteiger partial charge >= 0.3 is 0 Å². The van der Waals surface area contributed by atoms with Crippen molar-refractivity contribution in [2.75, 3.05) is 6.54 Å². The molecular formula is C11H24N2O. The molecule has 0 rings (SSSR count). The molecule has 0 fully saturated rings. The van der Waals surface area contributed by atoms with Crippen LogP contribution in [0.15, 0.2) is 0 Å². The van der Waals surface area contributed by atoms with Gasteiger partial charge in [-0.1, -0.05) is 27.7 Å². The van der Waals surface area contributed by atoms with Gasteiger partial charge in [-0.2, -0.15) is 0 Å². The van der Waals surface area contributed by atoms with Gasteiger partial charge in [-0.05, 0) is 18.3 Å². The second kappa shape index (κ2) is 5.35. The second-order valence-corrected chi connectivity index (χ2v) is 5.10. The van der Waals surface area contributed by atoms with Crippen molar-refractivity contribution in [3.05, 3.63) is 0 Å². The van der Waals surface area contributed by atoms with Gasteiger partial charge in [0.2, 0.25) is 5.91 Å². The molecule has 0 aliphatic rings. The van der Waals surface area contributed by atoms with Gasteiger partial charge in [0.05, 0.1) is 0 Å². The Morgan fingerprint density at radius 3 is 2.21 bits per heavy atom. The van der Waals surface area contributed by atoms with E-state index in [0.29, 0.717) is 12.3 Å². The van der Waals surface area contributed by atoms with Crippen molar-refractivity contribution in [3.63, 3.8) is 0 Å². The first-order valence-electron chi connectivity index (χ1n) is 5.28. The number of rotatable bonds is 5. The van der Waals surface area contributed by atoms with Crippen LogP contribution < -0.4 is 11.1 Å². The smallest absolute Gasteiger partial charge is 0.221 e. The molecule has 0 aromatic heterocycles. The van der Waals surface area contributed by atoms with Crippen LogP contribution in [0.4, 0.5) is 0 Å². The van der Waals surface area contributed by atoms with Gasteiger partial charge in [-0.15, -0.1) is 0 Å². The molecule has 0 saturated heterocycles. The van der Waals surface area contributed by atoms with E-state index in [2.05, 4.69) is 33.0 Å². The molecule has 0 spiro atoms. The van der Waals surface area contributed by atoms with E-state index in [1.54, 1.807) is 0 Å². The van der Waals surface area contributed by atoms with Gasteiger partial charge in [0.1, 0.15) is 0 Å². The first kappa shape index (κ1) is 13.4. The fraction of sp³-hybridized carbons (Fsp3) is 0.909. The van der Waals surface area contributed by atoms with Gasteiger partial charge in [0.25, 0.3) is 0 Å². The topological polar surface area (TPSA) is 55.1 Å². The summed E-state index contributed by atoms with van der Waals surface area (Å²) in [5, 5.41) is 2.92. The lowest BCUT2D eigenvalue weighted by Crippen LogP contribution is -2.38. The molecule has 84 valence electrons. The van der Waals surface area contributed by atoms with E-state index >= 15 is 0 Å². The largest absolute Gasteiger partial charge is 0.356 e. The fourth-order valence-electron chi connectivity index (χ4n) is 0.895. The van der Waals surface area contributed by atoms with Crippen LogP contribution in [-0.2, 0) is 4.79 Å². The fourth-order valence-corrected chi connectivity index (χ4v) is 0.895. The summed E-state index contributed by atoms with van der Waals surface area (Å²) in [5.41, 5.74) is 5.68. The Kier molecular flexibility index (Phi) is 5.13. The summed E-state index contributed by atoms with van der Waals surface area (Å²) in [7, 11) is 0. The van der Waals surface area contributed by atoms with E-state index in [1.807, 2.05) is 6.92 Å². The summed E-state index contributed by atoms with van der Waals surface area (Å²) in [6.07, 6.45) is 0.411. The Labute approximate surface area is 87.4 Å². The van der Waals surface area contributed by atoms with Crippen molar-refractivity contribution in [1.82, 2.24) is 5.32 Å². The lowest BCUT2D eigenvalue weighted by atomic mass is 9.81. The van der Waals surface area contributed by atoms with Crippen molar-refractivity contribution in [1.29, 1.82) is 0 Å². The van der Waals surface area contributed by atoms with Gasteiger partial charge in [-0.3, -0.25) is 4.79 Å². The van der Waals surface area contributed by atoms with E-state index in [0.717, 1.165) is 6.54 Å². The minimum Gasteiger partial charge on any atom is -0.356 e. The molecular weight excluding hydrogens is 176 g/mol. The molecule has 0 saturated carbocycles. The van der Waals surface area contributed by atoms with Gasteiger partial charge in [0, 0.05) is 19.0 Å². The van der Waals surface area contributed by atoms with Crippen LogP contribution in [0.2, 0.25) is 0 Å². The van der Waals surface area contributed by atoms with Gasteiger partial charge in [0.15, 0.2) is 0 Å². The molecule has 3 heteroatoms. The number of amides is 1. The summed E-state index contributed by atoms with van der Waals surface area (Å²) in [6.45, 7) is 11.2. The minimum absolute atomic E-state index is 0.0497. The van der Waals surface area contributed by atoms with Crippen LogP contribution in [0.1, 0.15) is 41.0 Å².